The zero-order valence-electron chi connectivity index (χ0n) is 14.1. The van der Waals surface area contributed by atoms with E-state index in [1.807, 2.05) is 42.3 Å². The SMILES string of the molecule is CCCCCCC[n+]1ccn(-c2ccc(CC)cc2C(=O)[O-])c1. The van der Waals surface area contributed by atoms with E-state index in [0.29, 0.717) is 5.69 Å². The number of carbonyl (C=O) groups excluding carboxylic acids is 1. The van der Waals surface area contributed by atoms with Crippen LogP contribution in [0.5, 0.6) is 0 Å². The Kier molecular flexibility index (Phi) is 6.39. The van der Waals surface area contributed by atoms with Crippen molar-refractivity contribution in [3.05, 3.63) is 48.0 Å². The lowest BCUT2D eigenvalue weighted by Crippen LogP contribution is -2.31. The Balaban J connectivity index is 2.09. The molecule has 2 aromatic rings. The van der Waals surface area contributed by atoms with E-state index in [2.05, 4.69) is 11.5 Å². The lowest BCUT2D eigenvalue weighted by Gasteiger charge is -2.09. The minimum absolute atomic E-state index is 0.245. The molecule has 4 nitrogen and oxygen atoms in total. The molecule has 0 aliphatic rings. The van der Waals surface area contributed by atoms with Gasteiger partial charge in [-0.15, -0.1) is 0 Å². The molecule has 0 atom stereocenters. The van der Waals surface area contributed by atoms with Crippen molar-refractivity contribution in [2.45, 2.75) is 58.9 Å². The Hall–Kier alpha value is -2.10. The van der Waals surface area contributed by atoms with Crippen LogP contribution in [0.15, 0.2) is 36.9 Å². The molecule has 1 aromatic carbocycles. The normalized spacial score (nSPS) is 10.9. The number of aryl methyl sites for hydroxylation is 2. The van der Waals surface area contributed by atoms with Gasteiger partial charge in [-0.2, -0.15) is 0 Å². The molecule has 0 spiro atoms. The van der Waals surface area contributed by atoms with E-state index in [1.54, 1.807) is 6.07 Å². The highest BCUT2D eigenvalue weighted by atomic mass is 16.4. The largest absolute Gasteiger partial charge is 0.545 e. The Bertz CT molecular complexity index is 647. The summed E-state index contributed by atoms with van der Waals surface area (Å²) in [6, 6.07) is 5.53. The molecule has 0 amide bonds. The molecule has 1 heterocycles. The number of benzene rings is 1. The minimum Gasteiger partial charge on any atom is -0.545 e. The maximum Gasteiger partial charge on any atom is 0.248 e. The van der Waals surface area contributed by atoms with Crippen molar-refractivity contribution in [3.8, 4) is 5.69 Å². The number of aromatic carboxylic acids is 1. The van der Waals surface area contributed by atoms with Gasteiger partial charge in [0.25, 0.3) is 0 Å². The molecule has 1 aromatic heterocycles. The second-order valence-corrected chi connectivity index (χ2v) is 5.97. The fraction of sp³-hybridized carbons (Fsp3) is 0.474. The van der Waals surface area contributed by atoms with Gasteiger partial charge in [-0.25, -0.2) is 9.13 Å². The summed E-state index contributed by atoms with van der Waals surface area (Å²) in [5.41, 5.74) is 1.91. The zero-order chi connectivity index (χ0) is 16.7. The number of unbranched alkanes of at least 4 members (excludes halogenated alkanes) is 4. The average Bonchev–Trinajstić information content (AvgIpc) is 3.02. The Morgan fingerprint density at radius 3 is 2.65 bits per heavy atom. The number of rotatable bonds is 9. The van der Waals surface area contributed by atoms with Crippen LogP contribution in [0.4, 0.5) is 0 Å². The maximum absolute atomic E-state index is 11.4. The highest BCUT2D eigenvalue weighted by molar-refractivity contribution is 5.90. The van der Waals surface area contributed by atoms with Gasteiger partial charge in [0.05, 0.1) is 12.5 Å². The van der Waals surface area contributed by atoms with Crippen LogP contribution in [0.25, 0.3) is 5.69 Å². The molecule has 0 fully saturated rings. The molecule has 0 N–H and O–H groups in total. The first kappa shape index (κ1) is 17.3. The average molecular weight is 314 g/mol. The van der Waals surface area contributed by atoms with Gasteiger partial charge >= 0.3 is 0 Å². The molecule has 0 radical (unpaired) electrons. The summed E-state index contributed by atoms with van der Waals surface area (Å²) in [5.74, 6) is -1.13. The third-order valence-corrected chi connectivity index (χ3v) is 4.18. The molecule has 0 unspecified atom stereocenters. The van der Waals surface area contributed by atoms with Gasteiger partial charge in [-0.05, 0) is 37.0 Å². The van der Waals surface area contributed by atoms with Crippen LogP contribution < -0.4 is 9.67 Å². The van der Waals surface area contributed by atoms with Gasteiger partial charge in [0, 0.05) is 5.56 Å². The Morgan fingerprint density at radius 2 is 1.96 bits per heavy atom. The quantitative estimate of drug-likeness (QED) is 0.528. The van der Waals surface area contributed by atoms with Crippen LogP contribution in [0.2, 0.25) is 0 Å². The Labute approximate surface area is 138 Å². The molecule has 0 saturated carbocycles. The van der Waals surface area contributed by atoms with E-state index < -0.39 is 5.97 Å². The van der Waals surface area contributed by atoms with E-state index in [0.717, 1.165) is 24.9 Å². The number of aromatic nitrogens is 2. The second kappa shape index (κ2) is 8.51. The van der Waals surface area contributed by atoms with E-state index in [9.17, 15) is 9.90 Å². The first-order valence-corrected chi connectivity index (χ1v) is 8.57. The number of carboxylic acids is 1. The van der Waals surface area contributed by atoms with Crippen LogP contribution in [0.3, 0.4) is 0 Å². The van der Waals surface area contributed by atoms with Crippen molar-refractivity contribution in [1.29, 1.82) is 0 Å². The molecule has 0 saturated heterocycles. The lowest BCUT2D eigenvalue weighted by atomic mass is 10.1. The monoisotopic (exact) mass is 314 g/mol. The molecule has 4 heteroatoms. The third kappa shape index (κ3) is 4.68. The van der Waals surface area contributed by atoms with Crippen LogP contribution in [0.1, 0.15) is 61.9 Å². The molecule has 124 valence electrons. The summed E-state index contributed by atoms with van der Waals surface area (Å²) < 4.78 is 3.97. The first-order chi connectivity index (χ1) is 11.2. The molecular weight excluding hydrogens is 288 g/mol. The summed E-state index contributed by atoms with van der Waals surface area (Å²) in [7, 11) is 0. The number of hydrogen-bond acceptors (Lipinski definition) is 2. The van der Waals surface area contributed by atoms with E-state index in [4.69, 9.17) is 0 Å². The number of nitrogens with zero attached hydrogens (tertiary/aromatic N) is 2. The number of carboxylic acid groups (broad SMARTS) is 1. The number of hydrogen-bond donors (Lipinski definition) is 0. The molecule has 2 rings (SSSR count). The van der Waals surface area contributed by atoms with Crippen molar-refractivity contribution < 1.29 is 14.5 Å². The van der Waals surface area contributed by atoms with Crippen molar-refractivity contribution in [1.82, 2.24) is 4.57 Å². The van der Waals surface area contributed by atoms with Crippen molar-refractivity contribution in [2.24, 2.45) is 0 Å². The molecular formula is C19H26N2O2. The van der Waals surface area contributed by atoms with Crippen LogP contribution in [-0.4, -0.2) is 10.5 Å². The van der Waals surface area contributed by atoms with Gasteiger partial charge in [0.1, 0.15) is 18.1 Å². The summed E-state index contributed by atoms with van der Waals surface area (Å²) >= 11 is 0. The lowest BCUT2D eigenvalue weighted by molar-refractivity contribution is -0.696. The first-order valence-electron chi connectivity index (χ1n) is 8.57. The molecule has 23 heavy (non-hydrogen) atoms. The van der Waals surface area contributed by atoms with E-state index >= 15 is 0 Å². The van der Waals surface area contributed by atoms with Crippen molar-refractivity contribution in [2.75, 3.05) is 0 Å². The van der Waals surface area contributed by atoms with Crippen LogP contribution in [-0.2, 0) is 13.0 Å². The maximum atomic E-state index is 11.4. The standard InChI is InChI=1S/C19H26N2O2/c1-3-5-6-7-8-11-20-12-13-21(15-20)18-10-9-16(4-2)14-17(18)19(22)23/h9-10,12-15H,3-8,11H2,1-2H3. The van der Waals surface area contributed by atoms with Gasteiger partial charge in [-0.1, -0.05) is 39.2 Å². The van der Waals surface area contributed by atoms with Gasteiger partial charge < -0.3 is 9.90 Å². The fourth-order valence-electron chi connectivity index (χ4n) is 2.76. The van der Waals surface area contributed by atoms with Gasteiger partial charge in [0.2, 0.25) is 6.33 Å². The highest BCUT2D eigenvalue weighted by Crippen LogP contribution is 2.16. The highest BCUT2D eigenvalue weighted by Gasteiger charge is 2.13. The molecule has 0 bridgehead atoms. The zero-order valence-corrected chi connectivity index (χ0v) is 14.1. The predicted molar refractivity (Wildman–Crippen MR) is 88.4 cm³/mol. The van der Waals surface area contributed by atoms with E-state index in [1.165, 1.54) is 25.7 Å². The molecule has 0 aliphatic carbocycles. The Morgan fingerprint density at radius 1 is 1.17 bits per heavy atom. The number of imidazole rings is 1. The predicted octanol–water partition coefficient (Wildman–Crippen LogP) is 2.66. The number of carbonyl (C=O) groups is 1. The summed E-state index contributed by atoms with van der Waals surface area (Å²) in [5, 5.41) is 11.4. The second-order valence-electron chi connectivity index (χ2n) is 5.97. The topological polar surface area (TPSA) is 48.9 Å². The van der Waals surface area contributed by atoms with Crippen LogP contribution in [0, 0.1) is 0 Å². The van der Waals surface area contributed by atoms with Crippen molar-refractivity contribution in [3.63, 3.8) is 0 Å². The van der Waals surface area contributed by atoms with Crippen LogP contribution >= 0.6 is 0 Å². The summed E-state index contributed by atoms with van der Waals surface area (Å²) in [6.45, 7) is 5.19. The van der Waals surface area contributed by atoms with Gasteiger partial charge in [0.15, 0.2) is 0 Å². The minimum atomic E-state index is -1.13. The molecule has 0 aliphatic heterocycles. The summed E-state index contributed by atoms with van der Waals surface area (Å²) in [4.78, 5) is 11.4. The third-order valence-electron chi connectivity index (χ3n) is 4.18. The van der Waals surface area contributed by atoms with E-state index in [-0.39, 0.29) is 5.56 Å². The smallest absolute Gasteiger partial charge is 0.248 e. The fourth-order valence-corrected chi connectivity index (χ4v) is 2.76. The summed E-state index contributed by atoms with van der Waals surface area (Å²) in [6.07, 6.45) is 12.9. The van der Waals surface area contributed by atoms with Crippen molar-refractivity contribution >= 4 is 5.97 Å². The van der Waals surface area contributed by atoms with Gasteiger partial charge in [-0.3, -0.25) is 0 Å².